The minimum Gasteiger partial charge on any atom is -0.378 e. The maximum Gasteiger partial charge on any atom is 0.181 e. The minimum absolute atomic E-state index is 0.167. The van der Waals surface area contributed by atoms with Crippen molar-refractivity contribution in [1.82, 2.24) is 29.5 Å². The number of hydrogen-bond donors (Lipinski definition) is 2. The molecule has 0 radical (unpaired) electrons. The van der Waals surface area contributed by atoms with E-state index in [2.05, 4.69) is 37.8 Å². The highest BCUT2D eigenvalue weighted by atomic mass is 32.2. The van der Waals surface area contributed by atoms with E-state index in [-0.39, 0.29) is 5.88 Å². The van der Waals surface area contributed by atoms with Crippen molar-refractivity contribution in [3.8, 4) is 11.3 Å². The monoisotopic (exact) mass is 493 g/mol. The number of H-pyrrole nitrogens is 1. The summed E-state index contributed by atoms with van der Waals surface area (Å²) in [4.78, 5) is 14.3. The SMILES string of the molecule is Cc1nc2c(N3CCOCC3)nc(-c3cccc4[nH]ncc34)cn2c1C1=CCN(CS(=O)O)CC1. The van der Waals surface area contributed by atoms with Crippen LogP contribution in [0.15, 0.2) is 36.7 Å². The molecule has 2 aliphatic rings. The second-order valence-electron chi connectivity index (χ2n) is 8.93. The second kappa shape index (κ2) is 9.15. The number of ether oxygens (including phenoxy) is 1. The fourth-order valence-corrected chi connectivity index (χ4v) is 5.59. The van der Waals surface area contributed by atoms with Crippen LogP contribution in [-0.4, -0.2) is 83.5 Å². The third-order valence-corrected chi connectivity index (χ3v) is 7.31. The minimum atomic E-state index is -1.83. The summed E-state index contributed by atoms with van der Waals surface area (Å²) in [6.45, 7) is 6.25. The predicted octanol–water partition coefficient (Wildman–Crippen LogP) is 2.69. The molecule has 3 aromatic heterocycles. The number of rotatable bonds is 5. The van der Waals surface area contributed by atoms with Crippen LogP contribution in [0.4, 0.5) is 5.82 Å². The first-order valence-corrected chi connectivity index (χ1v) is 13.0. The Kier molecular flexibility index (Phi) is 5.85. The summed E-state index contributed by atoms with van der Waals surface area (Å²) >= 11 is -1.83. The molecule has 1 unspecified atom stereocenters. The number of hydrogen-bond acceptors (Lipinski definition) is 7. The number of morpholine rings is 1. The summed E-state index contributed by atoms with van der Waals surface area (Å²) < 4.78 is 28.3. The van der Waals surface area contributed by atoms with Gasteiger partial charge >= 0.3 is 0 Å². The first kappa shape index (κ1) is 22.4. The van der Waals surface area contributed by atoms with Gasteiger partial charge in [0.15, 0.2) is 22.5 Å². The highest BCUT2D eigenvalue weighted by Gasteiger charge is 2.25. The third kappa shape index (κ3) is 4.14. The molecule has 4 aromatic rings. The molecule has 0 saturated carbocycles. The van der Waals surface area contributed by atoms with E-state index in [1.165, 1.54) is 5.57 Å². The molecule has 1 atom stereocenters. The molecule has 2 aliphatic heterocycles. The van der Waals surface area contributed by atoms with Crippen LogP contribution in [0.2, 0.25) is 0 Å². The lowest BCUT2D eigenvalue weighted by atomic mass is 10.0. The average Bonchev–Trinajstić information content (AvgIpc) is 3.48. The van der Waals surface area contributed by atoms with E-state index < -0.39 is 11.1 Å². The van der Waals surface area contributed by atoms with Crippen molar-refractivity contribution in [2.24, 2.45) is 0 Å². The van der Waals surface area contributed by atoms with Crippen LogP contribution in [0, 0.1) is 6.92 Å². The molecule has 1 fully saturated rings. The van der Waals surface area contributed by atoms with Gasteiger partial charge in [0.2, 0.25) is 0 Å². The number of nitrogens with zero attached hydrogens (tertiary/aromatic N) is 6. The van der Waals surface area contributed by atoms with E-state index in [0.717, 1.165) is 71.1 Å². The fourth-order valence-electron chi connectivity index (χ4n) is 5.04. The maximum atomic E-state index is 11.2. The van der Waals surface area contributed by atoms with Crippen molar-refractivity contribution in [3.05, 3.63) is 48.1 Å². The van der Waals surface area contributed by atoms with Gasteiger partial charge in [0, 0.05) is 43.3 Å². The standard InChI is InChI=1S/C24H27N7O3S/c1-16-22(17-5-7-29(8-6-17)15-35(32)33)31-14-21(18-3-2-4-20-19(18)13-25-28-20)27-23(24(31)26-16)30-9-11-34-12-10-30/h2-5,13-14H,6-12,15H2,1H3,(H,25,28)(H,32,33). The Labute approximate surface area is 204 Å². The van der Waals surface area contributed by atoms with Crippen LogP contribution in [0.3, 0.4) is 0 Å². The quantitative estimate of drug-likeness (QED) is 0.408. The first-order chi connectivity index (χ1) is 17.1. The number of benzene rings is 1. The zero-order valence-electron chi connectivity index (χ0n) is 19.5. The highest BCUT2D eigenvalue weighted by molar-refractivity contribution is 7.79. The predicted molar refractivity (Wildman–Crippen MR) is 136 cm³/mol. The molecule has 1 saturated heterocycles. The Balaban J connectivity index is 1.52. The lowest BCUT2D eigenvalue weighted by molar-refractivity contribution is 0.122. The van der Waals surface area contributed by atoms with Crippen molar-refractivity contribution in [2.45, 2.75) is 13.3 Å². The molecule has 5 heterocycles. The molecule has 0 spiro atoms. The van der Waals surface area contributed by atoms with Gasteiger partial charge in [-0.25, -0.2) is 14.2 Å². The zero-order valence-corrected chi connectivity index (χ0v) is 20.3. The Bertz CT molecular complexity index is 1450. The molecule has 0 bridgehead atoms. The number of aromatic amines is 1. The van der Waals surface area contributed by atoms with E-state index in [0.29, 0.717) is 19.8 Å². The van der Waals surface area contributed by atoms with Crippen LogP contribution in [0.1, 0.15) is 17.8 Å². The van der Waals surface area contributed by atoms with Gasteiger partial charge in [-0.15, -0.1) is 0 Å². The van der Waals surface area contributed by atoms with Crippen LogP contribution in [-0.2, 0) is 15.8 Å². The number of aryl methyl sites for hydroxylation is 1. The van der Waals surface area contributed by atoms with Crippen molar-refractivity contribution in [3.63, 3.8) is 0 Å². The first-order valence-electron chi connectivity index (χ1n) is 11.7. The third-order valence-electron chi connectivity index (χ3n) is 6.72. The smallest absolute Gasteiger partial charge is 0.181 e. The van der Waals surface area contributed by atoms with Gasteiger partial charge in [-0.05, 0) is 25.0 Å². The molecular weight excluding hydrogens is 466 g/mol. The Hall–Kier alpha value is -3.12. The number of anilines is 1. The summed E-state index contributed by atoms with van der Waals surface area (Å²) in [5.41, 5.74) is 6.89. The lowest BCUT2D eigenvalue weighted by Crippen LogP contribution is -2.37. The summed E-state index contributed by atoms with van der Waals surface area (Å²) in [5.74, 6) is 1.02. The van der Waals surface area contributed by atoms with Gasteiger partial charge in [0.1, 0.15) is 5.88 Å². The fraction of sp³-hybridized carbons (Fsp3) is 0.375. The van der Waals surface area contributed by atoms with E-state index in [4.69, 9.17) is 14.7 Å². The number of aromatic nitrogens is 5. The van der Waals surface area contributed by atoms with Gasteiger partial charge in [0.25, 0.3) is 0 Å². The van der Waals surface area contributed by atoms with E-state index >= 15 is 0 Å². The Morgan fingerprint density at radius 3 is 2.83 bits per heavy atom. The van der Waals surface area contributed by atoms with Crippen molar-refractivity contribution in [1.29, 1.82) is 0 Å². The highest BCUT2D eigenvalue weighted by Crippen LogP contribution is 2.34. The van der Waals surface area contributed by atoms with Crippen molar-refractivity contribution in [2.75, 3.05) is 50.2 Å². The van der Waals surface area contributed by atoms with Gasteiger partial charge in [-0.3, -0.25) is 14.4 Å². The van der Waals surface area contributed by atoms with Crippen LogP contribution >= 0.6 is 0 Å². The number of fused-ring (bicyclic) bond motifs is 2. The molecular formula is C24H27N7O3S. The lowest BCUT2D eigenvalue weighted by Gasteiger charge is -2.28. The molecule has 10 nitrogen and oxygen atoms in total. The van der Waals surface area contributed by atoms with Crippen molar-refractivity contribution < 1.29 is 13.5 Å². The van der Waals surface area contributed by atoms with Gasteiger partial charge < -0.3 is 14.2 Å². The summed E-state index contributed by atoms with van der Waals surface area (Å²) in [7, 11) is 0. The summed E-state index contributed by atoms with van der Waals surface area (Å²) in [5, 5.41) is 8.31. The van der Waals surface area contributed by atoms with E-state index in [1.54, 1.807) is 0 Å². The van der Waals surface area contributed by atoms with E-state index in [9.17, 15) is 8.76 Å². The second-order valence-corrected chi connectivity index (χ2v) is 9.83. The van der Waals surface area contributed by atoms with Gasteiger partial charge in [-0.2, -0.15) is 5.10 Å². The molecule has 11 heteroatoms. The average molecular weight is 494 g/mol. The number of imidazole rings is 1. The molecule has 35 heavy (non-hydrogen) atoms. The van der Waals surface area contributed by atoms with Crippen LogP contribution in [0.25, 0.3) is 33.4 Å². The Morgan fingerprint density at radius 1 is 1.20 bits per heavy atom. The largest absolute Gasteiger partial charge is 0.378 e. The maximum absolute atomic E-state index is 11.2. The van der Waals surface area contributed by atoms with Crippen LogP contribution < -0.4 is 4.90 Å². The Morgan fingerprint density at radius 2 is 2.06 bits per heavy atom. The molecule has 0 aliphatic carbocycles. The van der Waals surface area contributed by atoms with Crippen LogP contribution in [0.5, 0.6) is 0 Å². The normalized spacial score (nSPS) is 18.3. The van der Waals surface area contributed by atoms with E-state index in [1.807, 2.05) is 30.2 Å². The molecule has 2 N–H and O–H groups in total. The van der Waals surface area contributed by atoms with Gasteiger partial charge in [0.05, 0.1) is 42.0 Å². The molecule has 0 amide bonds. The molecule has 182 valence electrons. The zero-order chi connectivity index (χ0) is 23.9. The molecule has 6 rings (SSSR count). The summed E-state index contributed by atoms with van der Waals surface area (Å²) in [6, 6.07) is 6.10. The molecule has 1 aromatic carbocycles. The van der Waals surface area contributed by atoms with Crippen molar-refractivity contribution >= 4 is 39.0 Å². The topological polar surface area (TPSA) is 112 Å². The van der Waals surface area contributed by atoms with Gasteiger partial charge in [-0.1, -0.05) is 18.2 Å². The summed E-state index contributed by atoms with van der Waals surface area (Å²) in [6.07, 6.45) is 6.85. The number of nitrogens with one attached hydrogen (secondary N) is 1.